The second-order valence-electron chi connectivity index (χ2n) is 10.6. The van der Waals surface area contributed by atoms with Gasteiger partial charge < -0.3 is 26.0 Å². The molecule has 4 rings (SSSR count). The quantitative estimate of drug-likeness (QED) is 0.471. The average molecular weight is 483 g/mol. The van der Waals surface area contributed by atoms with Crippen LogP contribution in [-0.2, 0) is 4.79 Å². The summed E-state index contributed by atoms with van der Waals surface area (Å²) >= 11 is 0. The molecule has 1 aliphatic carbocycles. The van der Waals surface area contributed by atoms with Gasteiger partial charge in [0.1, 0.15) is 5.82 Å². The van der Waals surface area contributed by atoms with Crippen LogP contribution in [0.15, 0.2) is 18.2 Å². The Bertz CT molecular complexity index is 1170. The molecule has 8 heteroatoms. The summed E-state index contributed by atoms with van der Waals surface area (Å²) in [6.45, 7) is 7.49. The lowest BCUT2D eigenvalue weighted by atomic mass is 9.86. The van der Waals surface area contributed by atoms with Gasteiger partial charge in [-0.25, -0.2) is 4.39 Å². The van der Waals surface area contributed by atoms with Crippen LogP contribution in [0, 0.1) is 25.6 Å². The highest BCUT2D eigenvalue weighted by molar-refractivity contribution is 6.36. The fraction of sp³-hybridized carbons (Fsp3) is 0.481. The van der Waals surface area contributed by atoms with Gasteiger partial charge >= 0.3 is 0 Å². The van der Waals surface area contributed by atoms with Crippen molar-refractivity contribution in [2.75, 3.05) is 18.0 Å². The molecule has 7 nitrogen and oxygen atoms in total. The van der Waals surface area contributed by atoms with E-state index in [0.29, 0.717) is 23.4 Å². The molecule has 0 unspecified atom stereocenters. The zero-order valence-electron chi connectivity index (χ0n) is 20.9. The summed E-state index contributed by atoms with van der Waals surface area (Å²) in [6.07, 6.45) is 5.45. The first-order chi connectivity index (χ1) is 16.4. The minimum Gasteiger partial charge on any atom is -0.389 e. The number of hydrogen-bond donors (Lipinski definition) is 4. The number of aryl methyl sites for hydroxylation is 2. The van der Waals surface area contributed by atoms with Crippen LogP contribution >= 0.6 is 0 Å². The van der Waals surface area contributed by atoms with Crippen molar-refractivity contribution >= 4 is 29.2 Å². The lowest BCUT2D eigenvalue weighted by Gasteiger charge is -2.30. The molecule has 1 aliphatic heterocycles. The van der Waals surface area contributed by atoms with Gasteiger partial charge in [-0.2, -0.15) is 0 Å². The van der Waals surface area contributed by atoms with Crippen LogP contribution < -0.4 is 16.0 Å². The van der Waals surface area contributed by atoms with E-state index >= 15 is 4.39 Å². The van der Waals surface area contributed by atoms with E-state index in [1.165, 1.54) is 12.1 Å². The van der Waals surface area contributed by atoms with E-state index < -0.39 is 17.3 Å². The van der Waals surface area contributed by atoms with Crippen LogP contribution in [0.1, 0.15) is 72.4 Å². The van der Waals surface area contributed by atoms with Crippen molar-refractivity contribution in [2.45, 2.75) is 65.0 Å². The number of carbonyl (C=O) groups is 2. The number of aliphatic hydroxyl groups is 1. The highest BCUT2D eigenvalue weighted by Gasteiger charge is 2.36. The van der Waals surface area contributed by atoms with E-state index in [9.17, 15) is 14.7 Å². The van der Waals surface area contributed by atoms with Crippen LogP contribution in [-0.4, -0.2) is 46.6 Å². The minimum absolute atomic E-state index is 0.0239. The largest absolute Gasteiger partial charge is 0.389 e. The van der Waals surface area contributed by atoms with Crippen LogP contribution in [0.3, 0.4) is 0 Å². The number of anilines is 1. The third kappa shape index (κ3) is 5.49. The Morgan fingerprint density at radius 2 is 1.94 bits per heavy atom. The summed E-state index contributed by atoms with van der Waals surface area (Å²) in [5.41, 5.74) is 8.97. The molecule has 0 radical (unpaired) electrons. The summed E-state index contributed by atoms with van der Waals surface area (Å²) in [7, 11) is 0. The van der Waals surface area contributed by atoms with E-state index in [2.05, 4.69) is 10.3 Å². The summed E-state index contributed by atoms with van der Waals surface area (Å²) in [5, 5.41) is 12.5. The Kier molecular flexibility index (Phi) is 6.88. The third-order valence-corrected chi connectivity index (χ3v) is 6.88. The number of carbonyl (C=O) groups excluding carboxylic acids is 2. The Hall–Kier alpha value is -2.97. The van der Waals surface area contributed by atoms with Crippen molar-refractivity contribution < 1.29 is 19.1 Å². The fourth-order valence-electron chi connectivity index (χ4n) is 4.93. The zero-order chi connectivity index (χ0) is 25.5. The predicted octanol–water partition coefficient (Wildman–Crippen LogP) is 3.68. The number of nitrogens with zero attached hydrogens (tertiary/aromatic N) is 1. The van der Waals surface area contributed by atoms with Crippen LogP contribution in [0.4, 0.5) is 10.1 Å². The highest BCUT2D eigenvalue weighted by atomic mass is 19.1. The molecule has 0 atom stereocenters. The Morgan fingerprint density at radius 1 is 1.26 bits per heavy atom. The first-order valence-electron chi connectivity index (χ1n) is 12.2. The summed E-state index contributed by atoms with van der Waals surface area (Å²) in [5.74, 6) is -1.25. The van der Waals surface area contributed by atoms with Gasteiger partial charge in [-0.15, -0.1) is 0 Å². The molecule has 1 aromatic heterocycles. The topological polar surface area (TPSA) is 111 Å². The number of hydrogen-bond acceptors (Lipinski definition) is 4. The Labute approximate surface area is 205 Å². The predicted molar refractivity (Wildman–Crippen MR) is 135 cm³/mol. The number of amides is 2. The molecular formula is C27H35FN4O3. The van der Waals surface area contributed by atoms with E-state index in [-0.39, 0.29) is 30.0 Å². The molecule has 35 heavy (non-hydrogen) atoms. The SMILES string of the molecule is Cc1cc(C)c(/C=C2\C(=O)N(CC3CCC(N)CC3)c3cc(C(=O)NCC(C)(C)O)c(F)cc32)[nH]1. The monoisotopic (exact) mass is 482 g/mol. The standard InChI is InChI=1S/C27H35FN4O3/c1-15-9-16(2)31-23(15)11-20-19-10-22(28)21(25(33)30-14-27(3,4)35)12-24(19)32(26(20)34)13-17-5-7-18(29)8-6-17/h9-12,17-18,31,35H,5-8,13-14,29H2,1-4H3,(H,30,33)/b20-11-. The number of rotatable bonds is 6. The Balaban J connectivity index is 1.73. The van der Waals surface area contributed by atoms with Crippen molar-refractivity contribution in [1.29, 1.82) is 0 Å². The van der Waals surface area contributed by atoms with Crippen molar-refractivity contribution in [3.8, 4) is 0 Å². The number of benzene rings is 1. The average Bonchev–Trinajstić information content (AvgIpc) is 3.22. The van der Waals surface area contributed by atoms with E-state index in [1.807, 2.05) is 19.9 Å². The van der Waals surface area contributed by atoms with Crippen molar-refractivity contribution in [2.24, 2.45) is 11.7 Å². The maximum absolute atomic E-state index is 15.2. The molecule has 1 saturated carbocycles. The minimum atomic E-state index is -1.13. The molecule has 2 amide bonds. The van der Waals surface area contributed by atoms with Gasteiger partial charge in [0.2, 0.25) is 0 Å². The summed E-state index contributed by atoms with van der Waals surface area (Å²) < 4.78 is 15.2. The number of nitrogens with one attached hydrogen (secondary N) is 2. The smallest absolute Gasteiger partial charge is 0.259 e. The number of fused-ring (bicyclic) bond motifs is 1. The van der Waals surface area contributed by atoms with E-state index in [1.54, 1.807) is 24.8 Å². The van der Waals surface area contributed by atoms with Gasteiger partial charge in [-0.05, 0) is 89.1 Å². The maximum Gasteiger partial charge on any atom is 0.259 e. The molecule has 1 aromatic carbocycles. The molecular weight excluding hydrogens is 447 g/mol. The van der Waals surface area contributed by atoms with Gasteiger partial charge in [0.15, 0.2) is 0 Å². The fourth-order valence-corrected chi connectivity index (χ4v) is 4.93. The second-order valence-corrected chi connectivity index (χ2v) is 10.6. The number of aromatic nitrogens is 1. The molecule has 2 aromatic rings. The molecule has 1 fully saturated rings. The van der Waals surface area contributed by atoms with Gasteiger partial charge in [0, 0.05) is 36.1 Å². The molecule has 0 saturated heterocycles. The summed E-state index contributed by atoms with van der Waals surface area (Å²) in [4.78, 5) is 31.3. The number of H-pyrrole nitrogens is 1. The van der Waals surface area contributed by atoms with Crippen molar-refractivity contribution in [3.63, 3.8) is 0 Å². The first-order valence-corrected chi connectivity index (χ1v) is 12.2. The van der Waals surface area contributed by atoms with Crippen LogP contribution in [0.25, 0.3) is 11.6 Å². The lowest BCUT2D eigenvalue weighted by Crippen LogP contribution is -2.38. The number of aromatic amines is 1. The third-order valence-electron chi connectivity index (χ3n) is 6.88. The second kappa shape index (κ2) is 9.59. The van der Waals surface area contributed by atoms with Gasteiger partial charge in [0.05, 0.1) is 22.4 Å². The zero-order valence-corrected chi connectivity index (χ0v) is 20.9. The van der Waals surface area contributed by atoms with Gasteiger partial charge in [-0.1, -0.05) is 0 Å². The normalized spacial score (nSPS) is 21.5. The molecule has 188 valence electrons. The highest BCUT2D eigenvalue weighted by Crippen LogP contribution is 2.41. The van der Waals surface area contributed by atoms with Crippen molar-refractivity contribution in [3.05, 3.63) is 52.1 Å². The van der Waals surface area contributed by atoms with Gasteiger partial charge in [0.25, 0.3) is 11.8 Å². The first kappa shape index (κ1) is 25.1. The maximum atomic E-state index is 15.2. The van der Waals surface area contributed by atoms with E-state index in [4.69, 9.17) is 5.73 Å². The lowest BCUT2D eigenvalue weighted by molar-refractivity contribution is -0.113. The van der Waals surface area contributed by atoms with Crippen molar-refractivity contribution in [1.82, 2.24) is 10.3 Å². The molecule has 0 bridgehead atoms. The molecule has 0 spiro atoms. The Morgan fingerprint density at radius 3 is 2.54 bits per heavy atom. The van der Waals surface area contributed by atoms with Crippen LogP contribution in [0.5, 0.6) is 0 Å². The van der Waals surface area contributed by atoms with E-state index in [0.717, 1.165) is 42.6 Å². The molecule has 2 heterocycles. The van der Waals surface area contributed by atoms with Crippen LogP contribution in [0.2, 0.25) is 0 Å². The molecule has 2 aliphatic rings. The number of halogens is 1. The summed E-state index contributed by atoms with van der Waals surface area (Å²) in [6, 6.07) is 4.93. The van der Waals surface area contributed by atoms with Gasteiger partial charge in [-0.3, -0.25) is 9.59 Å². The molecule has 5 N–H and O–H groups in total. The number of nitrogens with two attached hydrogens (primary N) is 1.